The van der Waals surface area contributed by atoms with Crippen molar-refractivity contribution >= 4 is 17.7 Å². The lowest BCUT2D eigenvalue weighted by Gasteiger charge is -2.27. The summed E-state index contributed by atoms with van der Waals surface area (Å²) in [5.41, 5.74) is -0.0101. The highest BCUT2D eigenvalue weighted by atomic mass is 32.2. The van der Waals surface area contributed by atoms with Crippen molar-refractivity contribution in [2.24, 2.45) is 5.92 Å². The standard InChI is InChI=1S/C20H25N5O2S/c1-6-11-25-18(15-7-9-16(27-5)10-8-15)23-24-19(25)28-12-17(26)22-20(4,13-21)14(2)3/h6-10,14H,1,11-12H2,2-5H3,(H,22,26)/t20-/m0/s1. The minimum atomic E-state index is -0.902. The Bertz CT molecular complexity index is 870. The lowest BCUT2D eigenvalue weighted by molar-refractivity contribution is -0.120. The van der Waals surface area contributed by atoms with Crippen LogP contribution in [0.15, 0.2) is 42.1 Å². The molecule has 0 bridgehead atoms. The van der Waals surface area contributed by atoms with Crippen molar-refractivity contribution in [3.63, 3.8) is 0 Å². The summed E-state index contributed by atoms with van der Waals surface area (Å²) in [6, 6.07) is 9.71. The van der Waals surface area contributed by atoms with Crippen molar-refractivity contribution in [3.05, 3.63) is 36.9 Å². The van der Waals surface area contributed by atoms with Crippen LogP contribution in [0.25, 0.3) is 11.4 Å². The molecule has 0 unspecified atom stereocenters. The number of thioether (sulfide) groups is 1. The van der Waals surface area contributed by atoms with E-state index in [1.165, 1.54) is 11.8 Å². The molecule has 28 heavy (non-hydrogen) atoms. The number of nitrogens with one attached hydrogen (secondary N) is 1. The Morgan fingerprint density at radius 1 is 1.43 bits per heavy atom. The van der Waals surface area contributed by atoms with E-state index in [-0.39, 0.29) is 17.6 Å². The number of aromatic nitrogens is 3. The molecule has 0 aliphatic rings. The fourth-order valence-corrected chi connectivity index (χ4v) is 3.15. The monoisotopic (exact) mass is 399 g/mol. The van der Waals surface area contributed by atoms with Crippen LogP contribution in [0.2, 0.25) is 0 Å². The molecular formula is C20H25N5O2S. The second kappa shape index (κ2) is 9.42. The number of allylic oxidation sites excluding steroid dienone is 1. The summed E-state index contributed by atoms with van der Waals surface area (Å²) in [6.45, 7) is 9.83. The normalized spacial score (nSPS) is 12.9. The minimum Gasteiger partial charge on any atom is -0.497 e. The predicted octanol–water partition coefficient (Wildman–Crippen LogP) is 3.29. The van der Waals surface area contributed by atoms with Gasteiger partial charge in [0.2, 0.25) is 5.91 Å². The van der Waals surface area contributed by atoms with Gasteiger partial charge < -0.3 is 10.1 Å². The van der Waals surface area contributed by atoms with E-state index in [1.54, 1.807) is 20.1 Å². The van der Waals surface area contributed by atoms with E-state index in [0.29, 0.717) is 17.5 Å². The predicted molar refractivity (Wildman–Crippen MR) is 110 cm³/mol. The van der Waals surface area contributed by atoms with Crippen LogP contribution < -0.4 is 10.1 Å². The van der Waals surface area contributed by atoms with Gasteiger partial charge >= 0.3 is 0 Å². The van der Waals surface area contributed by atoms with Gasteiger partial charge in [0.15, 0.2) is 11.0 Å². The maximum atomic E-state index is 12.3. The molecule has 7 nitrogen and oxygen atoms in total. The number of rotatable bonds is 9. The molecule has 1 aromatic carbocycles. The molecule has 8 heteroatoms. The van der Waals surface area contributed by atoms with Crippen LogP contribution in [0.4, 0.5) is 0 Å². The topological polar surface area (TPSA) is 92.8 Å². The van der Waals surface area contributed by atoms with Gasteiger partial charge in [0.1, 0.15) is 11.3 Å². The van der Waals surface area contributed by atoms with Crippen molar-refractivity contribution in [2.45, 2.75) is 38.0 Å². The quantitative estimate of drug-likeness (QED) is 0.514. The van der Waals surface area contributed by atoms with Gasteiger partial charge in [-0.2, -0.15) is 5.26 Å². The molecule has 0 radical (unpaired) electrons. The first kappa shape index (κ1) is 21.5. The third-order valence-electron chi connectivity index (χ3n) is 4.50. The average molecular weight is 400 g/mol. The zero-order valence-electron chi connectivity index (χ0n) is 16.6. The van der Waals surface area contributed by atoms with Crippen molar-refractivity contribution < 1.29 is 9.53 Å². The van der Waals surface area contributed by atoms with E-state index in [9.17, 15) is 10.1 Å². The summed E-state index contributed by atoms with van der Waals surface area (Å²) in [5, 5.41) is 21.3. The fraction of sp³-hybridized carbons (Fsp3) is 0.400. The van der Waals surface area contributed by atoms with Gasteiger partial charge in [-0.1, -0.05) is 31.7 Å². The molecule has 1 atom stereocenters. The Hall–Kier alpha value is -2.79. The zero-order valence-corrected chi connectivity index (χ0v) is 17.4. The number of ether oxygens (including phenoxy) is 1. The second-order valence-corrected chi connectivity index (χ2v) is 7.68. The largest absolute Gasteiger partial charge is 0.497 e. The summed E-state index contributed by atoms with van der Waals surface area (Å²) >= 11 is 1.28. The summed E-state index contributed by atoms with van der Waals surface area (Å²) < 4.78 is 7.09. The molecule has 148 valence electrons. The molecule has 1 heterocycles. The zero-order chi connectivity index (χ0) is 20.7. The van der Waals surface area contributed by atoms with Crippen LogP contribution in [0.1, 0.15) is 20.8 Å². The molecule has 2 aromatic rings. The minimum absolute atomic E-state index is 0.00227. The number of benzene rings is 1. The number of hydrogen-bond acceptors (Lipinski definition) is 6. The highest BCUT2D eigenvalue weighted by Gasteiger charge is 2.30. The summed E-state index contributed by atoms with van der Waals surface area (Å²) in [7, 11) is 1.62. The highest BCUT2D eigenvalue weighted by molar-refractivity contribution is 7.99. The van der Waals surface area contributed by atoms with Gasteiger partial charge in [-0.3, -0.25) is 9.36 Å². The molecule has 0 spiro atoms. The smallest absolute Gasteiger partial charge is 0.231 e. The number of carbonyl (C=O) groups is 1. The Kier molecular flexibility index (Phi) is 7.24. The molecule has 0 saturated heterocycles. The van der Waals surface area contributed by atoms with Crippen molar-refractivity contribution in [1.29, 1.82) is 5.26 Å². The number of amides is 1. The molecule has 0 aliphatic heterocycles. The van der Waals surface area contributed by atoms with Gasteiger partial charge in [-0.15, -0.1) is 16.8 Å². The Labute approximate surface area is 169 Å². The molecule has 1 amide bonds. The van der Waals surface area contributed by atoms with Crippen LogP contribution in [0, 0.1) is 17.2 Å². The molecule has 1 N–H and O–H groups in total. The van der Waals surface area contributed by atoms with Crippen molar-refractivity contribution in [2.75, 3.05) is 12.9 Å². The molecular weight excluding hydrogens is 374 g/mol. The van der Waals surface area contributed by atoms with E-state index in [1.807, 2.05) is 42.7 Å². The molecule has 2 rings (SSSR count). The number of nitriles is 1. The SMILES string of the molecule is C=CCn1c(SCC(=O)N[C@@](C)(C#N)C(C)C)nnc1-c1ccc(OC)cc1. The van der Waals surface area contributed by atoms with Crippen molar-refractivity contribution in [3.8, 4) is 23.2 Å². The number of nitrogens with zero attached hydrogens (tertiary/aromatic N) is 4. The molecule has 0 fully saturated rings. The maximum Gasteiger partial charge on any atom is 0.231 e. The van der Waals surface area contributed by atoms with E-state index >= 15 is 0 Å². The van der Waals surface area contributed by atoms with Gasteiger partial charge in [0.25, 0.3) is 0 Å². The van der Waals surface area contributed by atoms with Gasteiger partial charge in [0, 0.05) is 12.1 Å². The van der Waals surface area contributed by atoms with Crippen LogP contribution in [0.5, 0.6) is 5.75 Å². The Morgan fingerprint density at radius 2 is 2.11 bits per heavy atom. The summed E-state index contributed by atoms with van der Waals surface area (Å²) in [4.78, 5) is 12.3. The van der Waals surface area contributed by atoms with Gasteiger partial charge in [-0.25, -0.2) is 0 Å². The summed E-state index contributed by atoms with van der Waals surface area (Å²) in [5.74, 6) is 1.37. The van der Waals surface area contributed by atoms with Crippen LogP contribution in [-0.2, 0) is 11.3 Å². The van der Waals surface area contributed by atoms with E-state index in [0.717, 1.165) is 11.3 Å². The molecule has 0 saturated carbocycles. The third kappa shape index (κ3) is 4.93. The molecule has 0 aliphatic carbocycles. The first-order valence-electron chi connectivity index (χ1n) is 8.88. The summed E-state index contributed by atoms with van der Waals surface area (Å²) in [6.07, 6.45) is 1.76. The van der Waals surface area contributed by atoms with Crippen LogP contribution in [-0.4, -0.2) is 39.1 Å². The lowest BCUT2D eigenvalue weighted by Crippen LogP contribution is -2.49. The van der Waals surface area contributed by atoms with Gasteiger partial charge in [-0.05, 0) is 37.1 Å². The Morgan fingerprint density at radius 3 is 2.64 bits per heavy atom. The number of hydrogen-bond donors (Lipinski definition) is 1. The third-order valence-corrected chi connectivity index (χ3v) is 5.46. The van der Waals surface area contributed by atoms with Gasteiger partial charge in [0.05, 0.1) is 18.9 Å². The van der Waals surface area contributed by atoms with Crippen molar-refractivity contribution in [1.82, 2.24) is 20.1 Å². The van der Waals surface area contributed by atoms with E-state index in [4.69, 9.17) is 4.74 Å². The van der Waals surface area contributed by atoms with E-state index in [2.05, 4.69) is 28.2 Å². The highest BCUT2D eigenvalue weighted by Crippen LogP contribution is 2.26. The second-order valence-electron chi connectivity index (χ2n) is 6.74. The van der Waals surface area contributed by atoms with Crippen LogP contribution >= 0.6 is 11.8 Å². The number of methoxy groups -OCH3 is 1. The molecule has 1 aromatic heterocycles. The lowest BCUT2D eigenvalue weighted by atomic mass is 9.90. The number of carbonyl (C=O) groups excluding carboxylic acids is 1. The first-order valence-corrected chi connectivity index (χ1v) is 9.86. The average Bonchev–Trinajstić information content (AvgIpc) is 3.09. The first-order chi connectivity index (χ1) is 13.3. The van der Waals surface area contributed by atoms with E-state index < -0.39 is 5.54 Å². The van der Waals surface area contributed by atoms with Crippen LogP contribution in [0.3, 0.4) is 0 Å². The fourth-order valence-electron chi connectivity index (χ4n) is 2.40. The maximum absolute atomic E-state index is 12.3. The Balaban J connectivity index is 2.16.